The maximum Gasteiger partial charge on any atom is 0.256 e. The number of halogens is 1. The zero-order valence-corrected chi connectivity index (χ0v) is 15.7. The Kier molecular flexibility index (Phi) is 5.23. The standard InChI is InChI=1S/C22H26FN3O/c1-16-2-4-17(5-3-16)18-6-7-20(21(23)14-18)22(27)26-11-8-19(15-26)25-12-9-24-10-13-25/h2-7,14,19,24H,8-13,15H2,1H3. The highest BCUT2D eigenvalue weighted by atomic mass is 19.1. The van der Waals surface area contributed by atoms with E-state index in [1.807, 2.05) is 37.3 Å². The Morgan fingerprint density at radius 1 is 1.04 bits per heavy atom. The van der Waals surface area contributed by atoms with E-state index < -0.39 is 5.82 Å². The van der Waals surface area contributed by atoms with Gasteiger partial charge in [-0.1, -0.05) is 35.9 Å². The second-order valence-electron chi connectivity index (χ2n) is 7.54. The number of benzene rings is 2. The van der Waals surface area contributed by atoms with Crippen molar-refractivity contribution in [1.82, 2.24) is 15.1 Å². The van der Waals surface area contributed by atoms with Gasteiger partial charge in [0.05, 0.1) is 5.56 Å². The molecule has 0 aliphatic carbocycles. The molecule has 4 nitrogen and oxygen atoms in total. The van der Waals surface area contributed by atoms with Crippen molar-refractivity contribution < 1.29 is 9.18 Å². The quantitative estimate of drug-likeness (QED) is 0.906. The third-order valence-corrected chi connectivity index (χ3v) is 5.70. The lowest BCUT2D eigenvalue weighted by molar-refractivity contribution is 0.0769. The molecule has 2 saturated heterocycles. The van der Waals surface area contributed by atoms with Gasteiger partial charge < -0.3 is 10.2 Å². The van der Waals surface area contributed by atoms with Crippen molar-refractivity contribution in [3.05, 3.63) is 59.4 Å². The maximum atomic E-state index is 14.7. The molecule has 2 aliphatic heterocycles. The van der Waals surface area contributed by atoms with E-state index in [2.05, 4.69) is 10.2 Å². The van der Waals surface area contributed by atoms with Crippen molar-refractivity contribution in [3.8, 4) is 11.1 Å². The van der Waals surface area contributed by atoms with Crippen LogP contribution in [0.1, 0.15) is 22.3 Å². The molecule has 0 aromatic heterocycles. The van der Waals surface area contributed by atoms with E-state index in [0.717, 1.165) is 43.7 Å². The van der Waals surface area contributed by atoms with Gasteiger partial charge >= 0.3 is 0 Å². The van der Waals surface area contributed by atoms with Gasteiger partial charge in [-0.05, 0) is 36.6 Å². The molecule has 0 bridgehead atoms. The topological polar surface area (TPSA) is 35.6 Å². The SMILES string of the molecule is Cc1ccc(-c2ccc(C(=O)N3CCC(N4CCNCC4)C3)c(F)c2)cc1. The second kappa shape index (κ2) is 7.79. The van der Waals surface area contributed by atoms with Crippen LogP contribution in [0.2, 0.25) is 0 Å². The molecule has 1 N–H and O–H groups in total. The first-order valence-electron chi connectivity index (χ1n) is 9.72. The lowest BCUT2D eigenvalue weighted by atomic mass is 10.0. The minimum absolute atomic E-state index is 0.173. The Morgan fingerprint density at radius 3 is 2.44 bits per heavy atom. The van der Waals surface area contributed by atoms with Crippen LogP contribution in [0, 0.1) is 12.7 Å². The first kappa shape index (κ1) is 18.1. The molecule has 2 aromatic carbocycles. The van der Waals surface area contributed by atoms with Crippen molar-refractivity contribution >= 4 is 5.91 Å². The van der Waals surface area contributed by atoms with Crippen LogP contribution in [0.5, 0.6) is 0 Å². The van der Waals surface area contributed by atoms with Crippen molar-refractivity contribution in [2.75, 3.05) is 39.3 Å². The average Bonchev–Trinajstić information content (AvgIpc) is 3.19. The molecular formula is C22H26FN3O. The Balaban J connectivity index is 1.46. The molecule has 0 saturated carbocycles. The largest absolute Gasteiger partial charge is 0.337 e. The van der Waals surface area contributed by atoms with Gasteiger partial charge in [0.15, 0.2) is 0 Å². The van der Waals surface area contributed by atoms with E-state index in [0.29, 0.717) is 19.1 Å². The Bertz CT molecular complexity index is 815. The van der Waals surface area contributed by atoms with Crippen molar-refractivity contribution in [1.29, 1.82) is 0 Å². The van der Waals surface area contributed by atoms with Crippen LogP contribution < -0.4 is 5.32 Å². The lowest BCUT2D eigenvalue weighted by Gasteiger charge is -2.32. The molecule has 2 fully saturated rings. The highest BCUT2D eigenvalue weighted by Gasteiger charge is 2.32. The number of amides is 1. The summed E-state index contributed by atoms with van der Waals surface area (Å²) >= 11 is 0. The van der Waals surface area contributed by atoms with Crippen molar-refractivity contribution in [3.63, 3.8) is 0 Å². The molecule has 1 atom stereocenters. The number of rotatable bonds is 3. The summed E-state index contributed by atoms with van der Waals surface area (Å²) in [5, 5.41) is 3.36. The third kappa shape index (κ3) is 3.89. The molecule has 0 spiro atoms. The number of nitrogens with one attached hydrogen (secondary N) is 1. The minimum atomic E-state index is -0.441. The fourth-order valence-corrected chi connectivity index (χ4v) is 4.06. The molecule has 4 rings (SSSR count). The zero-order valence-electron chi connectivity index (χ0n) is 15.7. The summed E-state index contributed by atoms with van der Waals surface area (Å²) in [6.07, 6.45) is 0.967. The Hall–Kier alpha value is -2.24. The van der Waals surface area contributed by atoms with Crippen molar-refractivity contribution in [2.45, 2.75) is 19.4 Å². The Morgan fingerprint density at radius 2 is 1.74 bits per heavy atom. The summed E-state index contributed by atoms with van der Waals surface area (Å²) in [6, 6.07) is 13.3. The smallest absolute Gasteiger partial charge is 0.256 e. The lowest BCUT2D eigenvalue weighted by Crippen LogP contribution is -2.49. The number of hydrogen-bond donors (Lipinski definition) is 1. The van der Waals surface area contributed by atoms with Crippen LogP contribution in [0.25, 0.3) is 11.1 Å². The number of nitrogens with zero attached hydrogens (tertiary/aromatic N) is 2. The van der Waals surface area contributed by atoms with Crippen LogP contribution in [0.3, 0.4) is 0 Å². The summed E-state index contributed by atoms with van der Waals surface area (Å²) in [5.74, 6) is -0.635. The van der Waals surface area contributed by atoms with E-state index in [9.17, 15) is 9.18 Å². The van der Waals surface area contributed by atoms with E-state index >= 15 is 0 Å². The average molecular weight is 367 g/mol. The van der Waals surface area contributed by atoms with Gasteiger partial charge in [-0.25, -0.2) is 4.39 Å². The highest BCUT2D eigenvalue weighted by Crippen LogP contribution is 2.25. The number of hydrogen-bond acceptors (Lipinski definition) is 3. The number of piperazine rings is 1. The summed E-state index contributed by atoms with van der Waals surface area (Å²) in [4.78, 5) is 17.1. The molecule has 27 heavy (non-hydrogen) atoms. The van der Waals surface area contributed by atoms with Gasteiger partial charge in [0, 0.05) is 45.3 Å². The summed E-state index contributed by atoms with van der Waals surface area (Å²) in [7, 11) is 0. The van der Waals surface area contributed by atoms with Gasteiger partial charge in [0.1, 0.15) is 5.82 Å². The summed E-state index contributed by atoms with van der Waals surface area (Å²) < 4.78 is 14.7. The normalized spacial score (nSPS) is 20.8. The fraction of sp³-hybridized carbons (Fsp3) is 0.409. The third-order valence-electron chi connectivity index (χ3n) is 5.70. The first-order valence-corrected chi connectivity index (χ1v) is 9.72. The van der Waals surface area contributed by atoms with Crippen molar-refractivity contribution in [2.24, 2.45) is 0 Å². The molecule has 2 aromatic rings. The van der Waals surface area contributed by atoms with E-state index in [1.165, 1.54) is 11.6 Å². The van der Waals surface area contributed by atoms with E-state index in [-0.39, 0.29) is 11.5 Å². The number of likely N-dealkylation sites (tertiary alicyclic amines) is 1. The van der Waals surface area contributed by atoms with Gasteiger partial charge in [0.2, 0.25) is 0 Å². The van der Waals surface area contributed by atoms with Gasteiger partial charge in [-0.3, -0.25) is 9.69 Å². The molecule has 1 amide bonds. The number of carbonyl (C=O) groups is 1. The van der Waals surface area contributed by atoms with E-state index in [4.69, 9.17) is 0 Å². The van der Waals surface area contributed by atoms with Crippen LogP contribution in [0.15, 0.2) is 42.5 Å². The zero-order chi connectivity index (χ0) is 18.8. The van der Waals surface area contributed by atoms with Crippen LogP contribution >= 0.6 is 0 Å². The first-order chi connectivity index (χ1) is 13.1. The van der Waals surface area contributed by atoms with Gasteiger partial charge in [0.25, 0.3) is 5.91 Å². The number of carbonyl (C=O) groups excluding carboxylic acids is 1. The second-order valence-corrected chi connectivity index (χ2v) is 7.54. The summed E-state index contributed by atoms with van der Waals surface area (Å²) in [5.41, 5.74) is 3.09. The molecule has 142 valence electrons. The molecule has 2 heterocycles. The minimum Gasteiger partial charge on any atom is -0.337 e. The Labute approximate surface area is 160 Å². The van der Waals surface area contributed by atoms with Crippen LogP contribution in [-0.4, -0.2) is 61.0 Å². The predicted molar refractivity (Wildman–Crippen MR) is 105 cm³/mol. The molecule has 1 unspecified atom stereocenters. The van der Waals surface area contributed by atoms with Crippen LogP contribution in [0.4, 0.5) is 4.39 Å². The molecule has 5 heteroatoms. The monoisotopic (exact) mass is 367 g/mol. The van der Waals surface area contributed by atoms with Gasteiger partial charge in [-0.2, -0.15) is 0 Å². The van der Waals surface area contributed by atoms with Gasteiger partial charge in [-0.15, -0.1) is 0 Å². The van der Waals surface area contributed by atoms with E-state index in [1.54, 1.807) is 11.0 Å². The predicted octanol–water partition coefficient (Wildman–Crippen LogP) is 2.92. The van der Waals surface area contributed by atoms with Crippen LogP contribution in [-0.2, 0) is 0 Å². The molecule has 2 aliphatic rings. The maximum absolute atomic E-state index is 14.7. The highest BCUT2D eigenvalue weighted by molar-refractivity contribution is 5.95. The fourth-order valence-electron chi connectivity index (χ4n) is 4.06. The molecular weight excluding hydrogens is 341 g/mol. The molecule has 0 radical (unpaired) electrons. The number of aryl methyl sites for hydroxylation is 1. The summed E-state index contributed by atoms with van der Waals surface area (Å²) in [6.45, 7) is 7.46.